The van der Waals surface area contributed by atoms with E-state index in [1.54, 1.807) is 0 Å². The maximum absolute atomic E-state index is 12.0. The minimum Gasteiger partial charge on any atom is -0.319 e. The monoisotopic (exact) mass is 230 g/mol. The lowest BCUT2D eigenvalue weighted by Crippen LogP contribution is -2.33. The Hall–Kier alpha value is -1.35. The molecule has 2 aliphatic rings. The van der Waals surface area contributed by atoms with Crippen LogP contribution in [0.3, 0.4) is 0 Å². The molecule has 0 aromatic heterocycles. The van der Waals surface area contributed by atoms with Crippen LogP contribution in [0.15, 0.2) is 24.3 Å². The van der Waals surface area contributed by atoms with Crippen molar-refractivity contribution in [2.24, 2.45) is 5.92 Å². The third-order valence-electron chi connectivity index (χ3n) is 3.92. The van der Waals surface area contributed by atoms with Crippen LogP contribution in [0.25, 0.3) is 0 Å². The Morgan fingerprint density at radius 1 is 1.35 bits per heavy atom. The summed E-state index contributed by atoms with van der Waals surface area (Å²) in [4.78, 5) is 14.0. The van der Waals surface area contributed by atoms with Gasteiger partial charge >= 0.3 is 0 Å². The highest BCUT2D eigenvalue weighted by Gasteiger charge is 2.46. The number of rotatable bonds is 2. The highest BCUT2D eigenvalue weighted by Crippen LogP contribution is 2.41. The van der Waals surface area contributed by atoms with Crippen LogP contribution in [0.1, 0.15) is 30.6 Å². The van der Waals surface area contributed by atoms with Gasteiger partial charge in [-0.1, -0.05) is 31.2 Å². The zero-order chi connectivity index (χ0) is 12.0. The summed E-state index contributed by atoms with van der Waals surface area (Å²) in [5.41, 5.74) is 2.48. The SMILES string of the molecule is Cc1ccccc1C1NCC(=O)N1C1CC1C. The lowest BCUT2D eigenvalue weighted by Gasteiger charge is -2.26. The smallest absolute Gasteiger partial charge is 0.238 e. The Bertz CT molecular complexity index is 457. The summed E-state index contributed by atoms with van der Waals surface area (Å²) in [6.45, 7) is 4.79. The van der Waals surface area contributed by atoms with Crippen molar-refractivity contribution in [3.8, 4) is 0 Å². The number of carbonyl (C=O) groups is 1. The molecule has 1 heterocycles. The number of hydrogen-bond donors (Lipinski definition) is 1. The number of carbonyl (C=O) groups excluding carboxylic acids is 1. The molecule has 1 aromatic carbocycles. The molecule has 1 aromatic rings. The second kappa shape index (κ2) is 3.84. The standard InChI is InChI=1S/C14H18N2O/c1-9-5-3-4-6-11(9)14-15-8-13(17)16(14)12-7-10(12)2/h3-6,10,12,14-15H,7-8H2,1-2H3. The average molecular weight is 230 g/mol. The summed E-state index contributed by atoms with van der Waals surface area (Å²) >= 11 is 0. The quantitative estimate of drug-likeness (QED) is 0.840. The topological polar surface area (TPSA) is 32.3 Å². The van der Waals surface area contributed by atoms with Gasteiger partial charge in [0.2, 0.25) is 5.91 Å². The van der Waals surface area contributed by atoms with Crippen molar-refractivity contribution in [2.75, 3.05) is 6.54 Å². The summed E-state index contributed by atoms with van der Waals surface area (Å²) in [6.07, 6.45) is 1.23. The Morgan fingerprint density at radius 2 is 2.06 bits per heavy atom. The molecule has 3 unspecified atom stereocenters. The van der Waals surface area contributed by atoms with E-state index in [1.807, 2.05) is 17.0 Å². The van der Waals surface area contributed by atoms with Crippen LogP contribution in [0.4, 0.5) is 0 Å². The minimum atomic E-state index is 0.0821. The van der Waals surface area contributed by atoms with Gasteiger partial charge in [-0.25, -0.2) is 0 Å². The van der Waals surface area contributed by atoms with Crippen molar-refractivity contribution in [3.05, 3.63) is 35.4 Å². The lowest BCUT2D eigenvalue weighted by atomic mass is 10.1. The highest BCUT2D eigenvalue weighted by molar-refractivity contribution is 5.81. The molecule has 17 heavy (non-hydrogen) atoms. The summed E-state index contributed by atoms with van der Waals surface area (Å²) in [7, 11) is 0. The first-order valence-corrected chi connectivity index (χ1v) is 6.28. The van der Waals surface area contributed by atoms with Gasteiger partial charge in [-0.05, 0) is 30.4 Å². The van der Waals surface area contributed by atoms with E-state index in [-0.39, 0.29) is 12.1 Å². The van der Waals surface area contributed by atoms with E-state index in [9.17, 15) is 4.79 Å². The van der Waals surface area contributed by atoms with Gasteiger partial charge in [-0.3, -0.25) is 10.1 Å². The molecule has 2 fully saturated rings. The van der Waals surface area contributed by atoms with Gasteiger partial charge in [0, 0.05) is 6.04 Å². The maximum atomic E-state index is 12.0. The fraction of sp³-hybridized carbons (Fsp3) is 0.500. The Balaban J connectivity index is 1.92. The van der Waals surface area contributed by atoms with Crippen molar-refractivity contribution in [3.63, 3.8) is 0 Å². The molecular weight excluding hydrogens is 212 g/mol. The molecule has 1 aliphatic carbocycles. The molecule has 0 spiro atoms. The van der Waals surface area contributed by atoms with Crippen LogP contribution in [0.2, 0.25) is 0 Å². The number of aryl methyl sites for hydroxylation is 1. The van der Waals surface area contributed by atoms with Gasteiger partial charge < -0.3 is 4.90 Å². The van der Waals surface area contributed by atoms with Gasteiger partial charge in [-0.15, -0.1) is 0 Å². The van der Waals surface area contributed by atoms with E-state index in [0.717, 1.165) is 6.42 Å². The van der Waals surface area contributed by atoms with Gasteiger partial charge in [0.1, 0.15) is 6.17 Å². The molecule has 3 atom stereocenters. The Kier molecular flexibility index (Phi) is 2.44. The van der Waals surface area contributed by atoms with Gasteiger partial charge in [0.15, 0.2) is 0 Å². The third-order valence-corrected chi connectivity index (χ3v) is 3.92. The van der Waals surface area contributed by atoms with E-state index >= 15 is 0 Å². The summed E-state index contributed by atoms with van der Waals surface area (Å²) in [5, 5.41) is 3.33. The fourth-order valence-corrected chi connectivity index (χ4v) is 2.74. The molecule has 3 rings (SSSR count). The van der Waals surface area contributed by atoms with Crippen LogP contribution >= 0.6 is 0 Å². The predicted molar refractivity (Wildman–Crippen MR) is 66.3 cm³/mol. The Labute approximate surface area is 102 Å². The van der Waals surface area contributed by atoms with Gasteiger partial charge in [0.05, 0.1) is 6.54 Å². The van der Waals surface area contributed by atoms with E-state index in [4.69, 9.17) is 0 Å². The van der Waals surface area contributed by atoms with E-state index in [2.05, 4.69) is 31.3 Å². The second-order valence-corrected chi connectivity index (χ2v) is 5.22. The zero-order valence-electron chi connectivity index (χ0n) is 10.3. The second-order valence-electron chi connectivity index (χ2n) is 5.22. The lowest BCUT2D eigenvalue weighted by molar-refractivity contribution is -0.128. The minimum absolute atomic E-state index is 0.0821. The third kappa shape index (κ3) is 1.75. The molecule has 1 saturated carbocycles. The van der Waals surface area contributed by atoms with Crippen molar-refractivity contribution in [2.45, 2.75) is 32.5 Å². The summed E-state index contributed by atoms with van der Waals surface area (Å²) < 4.78 is 0. The number of amides is 1. The molecule has 90 valence electrons. The first-order chi connectivity index (χ1) is 8.18. The summed E-state index contributed by atoms with van der Waals surface area (Å²) in [6, 6.07) is 8.75. The average Bonchev–Trinajstić information content (AvgIpc) is 2.89. The molecule has 1 aliphatic heterocycles. The molecular formula is C14H18N2O. The van der Waals surface area contributed by atoms with Gasteiger partial charge in [0.25, 0.3) is 0 Å². The van der Waals surface area contributed by atoms with Crippen molar-refractivity contribution < 1.29 is 4.79 Å². The van der Waals surface area contributed by atoms with Crippen molar-refractivity contribution in [1.29, 1.82) is 0 Å². The maximum Gasteiger partial charge on any atom is 0.238 e. The van der Waals surface area contributed by atoms with Crippen molar-refractivity contribution >= 4 is 5.91 Å². The molecule has 0 radical (unpaired) electrons. The zero-order valence-corrected chi connectivity index (χ0v) is 10.3. The predicted octanol–water partition coefficient (Wildman–Crippen LogP) is 1.83. The number of nitrogens with one attached hydrogen (secondary N) is 1. The highest BCUT2D eigenvalue weighted by atomic mass is 16.2. The van der Waals surface area contributed by atoms with Crippen LogP contribution in [-0.4, -0.2) is 23.4 Å². The van der Waals surface area contributed by atoms with E-state index in [1.165, 1.54) is 11.1 Å². The molecule has 3 nitrogen and oxygen atoms in total. The first kappa shape index (κ1) is 10.8. The van der Waals surface area contributed by atoms with Gasteiger partial charge in [-0.2, -0.15) is 0 Å². The number of nitrogens with zero attached hydrogens (tertiary/aromatic N) is 1. The molecule has 1 saturated heterocycles. The number of benzene rings is 1. The molecule has 1 N–H and O–H groups in total. The molecule has 1 amide bonds. The van der Waals surface area contributed by atoms with Crippen LogP contribution in [-0.2, 0) is 4.79 Å². The van der Waals surface area contributed by atoms with E-state index < -0.39 is 0 Å². The molecule has 3 heteroatoms. The fourth-order valence-electron chi connectivity index (χ4n) is 2.74. The number of hydrogen-bond acceptors (Lipinski definition) is 2. The van der Waals surface area contributed by atoms with E-state index in [0.29, 0.717) is 18.5 Å². The summed E-state index contributed by atoms with van der Waals surface area (Å²) in [5.74, 6) is 0.901. The Morgan fingerprint density at radius 3 is 2.71 bits per heavy atom. The normalized spacial score (nSPS) is 32.0. The van der Waals surface area contributed by atoms with Crippen LogP contribution in [0, 0.1) is 12.8 Å². The van der Waals surface area contributed by atoms with Crippen LogP contribution in [0.5, 0.6) is 0 Å². The van der Waals surface area contributed by atoms with Crippen molar-refractivity contribution in [1.82, 2.24) is 10.2 Å². The molecule has 0 bridgehead atoms. The first-order valence-electron chi connectivity index (χ1n) is 6.28. The van der Waals surface area contributed by atoms with Crippen LogP contribution < -0.4 is 5.32 Å². The largest absolute Gasteiger partial charge is 0.319 e.